The van der Waals surface area contributed by atoms with Gasteiger partial charge in [-0.2, -0.15) is 0 Å². The van der Waals surface area contributed by atoms with Gasteiger partial charge in [-0.15, -0.1) is 0 Å². The van der Waals surface area contributed by atoms with E-state index in [-0.39, 0.29) is 11.9 Å². The van der Waals surface area contributed by atoms with Crippen molar-refractivity contribution in [3.8, 4) is 0 Å². The standard InChI is InChI=1S/C13H19BrFNO/c1-3-16-12(9-17-4-2)8-10-7-11(14)5-6-13(10)15/h5-7,12,16H,3-4,8-9H2,1-2H3. The van der Waals surface area contributed by atoms with Gasteiger partial charge >= 0.3 is 0 Å². The van der Waals surface area contributed by atoms with Crippen LogP contribution >= 0.6 is 15.9 Å². The lowest BCUT2D eigenvalue weighted by molar-refractivity contribution is 0.123. The van der Waals surface area contributed by atoms with E-state index in [2.05, 4.69) is 21.2 Å². The van der Waals surface area contributed by atoms with Gasteiger partial charge in [0.2, 0.25) is 0 Å². The van der Waals surface area contributed by atoms with E-state index in [0.29, 0.717) is 25.2 Å². The Labute approximate surface area is 111 Å². The van der Waals surface area contributed by atoms with Crippen LogP contribution in [0.4, 0.5) is 4.39 Å². The summed E-state index contributed by atoms with van der Waals surface area (Å²) in [6.07, 6.45) is 0.638. The predicted molar refractivity (Wildman–Crippen MR) is 71.8 cm³/mol. The Hall–Kier alpha value is -0.450. The summed E-state index contributed by atoms with van der Waals surface area (Å²) in [5.41, 5.74) is 0.713. The van der Waals surface area contributed by atoms with Gasteiger partial charge in [0.05, 0.1) is 6.61 Å². The first-order valence-electron chi connectivity index (χ1n) is 5.92. The highest BCUT2D eigenvalue weighted by Gasteiger charge is 2.11. The zero-order valence-electron chi connectivity index (χ0n) is 10.3. The van der Waals surface area contributed by atoms with Crippen molar-refractivity contribution >= 4 is 15.9 Å². The quantitative estimate of drug-likeness (QED) is 0.835. The maximum atomic E-state index is 13.6. The second-order valence-corrected chi connectivity index (χ2v) is 4.77. The summed E-state index contributed by atoms with van der Waals surface area (Å²) in [5.74, 6) is -0.160. The third-order valence-corrected chi connectivity index (χ3v) is 2.98. The molecule has 0 aliphatic rings. The van der Waals surface area contributed by atoms with Gasteiger partial charge in [0.25, 0.3) is 0 Å². The largest absolute Gasteiger partial charge is 0.380 e. The van der Waals surface area contributed by atoms with Crippen LogP contribution in [0.5, 0.6) is 0 Å². The van der Waals surface area contributed by atoms with E-state index in [9.17, 15) is 4.39 Å². The minimum absolute atomic E-state index is 0.156. The van der Waals surface area contributed by atoms with Gasteiger partial charge in [-0.25, -0.2) is 4.39 Å². The van der Waals surface area contributed by atoms with Crippen molar-refractivity contribution in [2.45, 2.75) is 26.3 Å². The molecular weight excluding hydrogens is 285 g/mol. The lowest BCUT2D eigenvalue weighted by atomic mass is 10.1. The van der Waals surface area contributed by atoms with E-state index in [1.165, 1.54) is 6.07 Å². The number of rotatable bonds is 7. The second-order valence-electron chi connectivity index (χ2n) is 3.85. The Morgan fingerprint density at radius 2 is 2.18 bits per heavy atom. The van der Waals surface area contributed by atoms with Crippen LogP contribution in [0.1, 0.15) is 19.4 Å². The molecule has 0 saturated carbocycles. The summed E-state index contributed by atoms with van der Waals surface area (Å²) in [6.45, 7) is 6.14. The molecule has 4 heteroatoms. The third-order valence-electron chi connectivity index (χ3n) is 2.49. The average molecular weight is 304 g/mol. The van der Waals surface area contributed by atoms with Crippen LogP contribution in [0.25, 0.3) is 0 Å². The number of nitrogens with one attached hydrogen (secondary N) is 1. The van der Waals surface area contributed by atoms with Gasteiger partial charge in [-0.1, -0.05) is 22.9 Å². The number of ether oxygens (including phenoxy) is 1. The Bertz CT molecular complexity index is 346. The first-order valence-corrected chi connectivity index (χ1v) is 6.71. The van der Waals surface area contributed by atoms with Crippen molar-refractivity contribution < 1.29 is 9.13 Å². The van der Waals surface area contributed by atoms with Crippen molar-refractivity contribution in [3.05, 3.63) is 34.1 Å². The highest BCUT2D eigenvalue weighted by molar-refractivity contribution is 9.10. The number of likely N-dealkylation sites (N-methyl/N-ethyl adjacent to an activating group) is 1. The number of hydrogen-bond acceptors (Lipinski definition) is 2. The molecular formula is C13H19BrFNO. The molecule has 0 spiro atoms. The molecule has 0 aliphatic heterocycles. The van der Waals surface area contributed by atoms with E-state index < -0.39 is 0 Å². The molecule has 0 amide bonds. The average Bonchev–Trinajstić information content (AvgIpc) is 2.31. The fourth-order valence-electron chi connectivity index (χ4n) is 1.70. The maximum absolute atomic E-state index is 13.6. The van der Waals surface area contributed by atoms with Crippen molar-refractivity contribution in [3.63, 3.8) is 0 Å². The molecule has 0 aliphatic carbocycles. The van der Waals surface area contributed by atoms with Crippen LogP contribution in [0.2, 0.25) is 0 Å². The third kappa shape index (κ3) is 5.15. The molecule has 0 radical (unpaired) electrons. The normalized spacial score (nSPS) is 12.7. The van der Waals surface area contributed by atoms with E-state index in [4.69, 9.17) is 4.74 Å². The number of benzene rings is 1. The van der Waals surface area contributed by atoms with Crippen molar-refractivity contribution in [1.82, 2.24) is 5.32 Å². The molecule has 17 heavy (non-hydrogen) atoms. The monoisotopic (exact) mass is 303 g/mol. The summed E-state index contributed by atoms with van der Waals surface area (Å²) in [6, 6.07) is 5.18. The number of hydrogen-bond donors (Lipinski definition) is 1. The van der Waals surface area contributed by atoms with E-state index in [1.54, 1.807) is 6.07 Å². The van der Waals surface area contributed by atoms with Gasteiger partial charge in [0, 0.05) is 17.1 Å². The van der Waals surface area contributed by atoms with E-state index in [0.717, 1.165) is 11.0 Å². The highest BCUT2D eigenvalue weighted by atomic mass is 79.9. The zero-order valence-corrected chi connectivity index (χ0v) is 11.9. The minimum Gasteiger partial charge on any atom is -0.380 e. The molecule has 1 unspecified atom stereocenters. The van der Waals surface area contributed by atoms with Crippen LogP contribution in [0.15, 0.2) is 22.7 Å². The van der Waals surface area contributed by atoms with Crippen molar-refractivity contribution in [2.24, 2.45) is 0 Å². The Morgan fingerprint density at radius 3 is 2.82 bits per heavy atom. The predicted octanol–water partition coefficient (Wildman–Crippen LogP) is 3.15. The molecule has 2 nitrogen and oxygen atoms in total. The Kier molecular flexibility index (Phi) is 6.70. The van der Waals surface area contributed by atoms with Crippen LogP contribution < -0.4 is 5.32 Å². The summed E-state index contributed by atoms with van der Waals surface area (Å²) in [4.78, 5) is 0. The van der Waals surface area contributed by atoms with Crippen LogP contribution in [0, 0.1) is 5.82 Å². The van der Waals surface area contributed by atoms with Crippen molar-refractivity contribution in [1.29, 1.82) is 0 Å². The van der Waals surface area contributed by atoms with Crippen LogP contribution in [-0.2, 0) is 11.2 Å². The molecule has 1 rings (SSSR count). The molecule has 1 N–H and O–H groups in total. The lowest BCUT2D eigenvalue weighted by Gasteiger charge is -2.18. The molecule has 0 fully saturated rings. The summed E-state index contributed by atoms with van der Waals surface area (Å²) < 4.78 is 19.9. The molecule has 0 aromatic heterocycles. The van der Waals surface area contributed by atoms with E-state index in [1.807, 2.05) is 19.9 Å². The molecule has 0 bridgehead atoms. The van der Waals surface area contributed by atoms with Gasteiger partial charge in [-0.3, -0.25) is 0 Å². The topological polar surface area (TPSA) is 21.3 Å². The summed E-state index contributed by atoms with van der Waals surface area (Å²) in [5, 5.41) is 3.31. The van der Waals surface area contributed by atoms with Gasteiger partial charge in [0.1, 0.15) is 5.82 Å². The minimum atomic E-state index is -0.160. The van der Waals surface area contributed by atoms with Gasteiger partial charge in [0.15, 0.2) is 0 Å². The first kappa shape index (κ1) is 14.6. The Morgan fingerprint density at radius 1 is 1.41 bits per heavy atom. The lowest BCUT2D eigenvalue weighted by Crippen LogP contribution is -2.35. The molecule has 96 valence electrons. The molecule has 0 saturated heterocycles. The van der Waals surface area contributed by atoms with E-state index >= 15 is 0 Å². The van der Waals surface area contributed by atoms with Gasteiger partial charge < -0.3 is 10.1 Å². The molecule has 0 heterocycles. The fraction of sp³-hybridized carbons (Fsp3) is 0.538. The molecule has 1 aromatic carbocycles. The zero-order chi connectivity index (χ0) is 12.7. The van der Waals surface area contributed by atoms with Gasteiger partial charge in [-0.05, 0) is 43.7 Å². The first-order chi connectivity index (χ1) is 8.17. The molecule has 1 atom stereocenters. The van der Waals surface area contributed by atoms with Crippen LogP contribution in [0.3, 0.4) is 0 Å². The van der Waals surface area contributed by atoms with Crippen molar-refractivity contribution in [2.75, 3.05) is 19.8 Å². The summed E-state index contributed by atoms with van der Waals surface area (Å²) in [7, 11) is 0. The Balaban J connectivity index is 2.67. The van der Waals surface area contributed by atoms with Crippen LogP contribution in [-0.4, -0.2) is 25.8 Å². The second kappa shape index (κ2) is 7.80. The summed E-state index contributed by atoms with van der Waals surface area (Å²) >= 11 is 3.36. The molecule has 1 aromatic rings. The smallest absolute Gasteiger partial charge is 0.126 e. The highest BCUT2D eigenvalue weighted by Crippen LogP contribution is 2.17. The maximum Gasteiger partial charge on any atom is 0.126 e. The SMILES string of the molecule is CCNC(COCC)Cc1cc(Br)ccc1F. The fourth-order valence-corrected chi connectivity index (χ4v) is 2.11. The number of halogens is 2.